The van der Waals surface area contributed by atoms with Crippen LogP contribution in [0.15, 0.2) is 28.0 Å². The normalized spacial score (nSPS) is 32.4. The second kappa shape index (κ2) is 4.19. The van der Waals surface area contributed by atoms with E-state index in [1.165, 1.54) is 4.57 Å². The molecule has 7 heteroatoms. The van der Waals surface area contributed by atoms with Crippen LogP contribution in [0.3, 0.4) is 0 Å². The molecule has 7 nitrogen and oxygen atoms in total. The standard InChI is InChI=1S/C15H18N4O3/c1-4-15-9(3)11(19-10(15)5-6-16-19)13(22-15)18-7-8(2)12(20)17-14(18)21/h5-7,9,11,13H,4H2,1-3H3,(H,17,20,21)/t9?,11-,13+,15-/m0/s1. The second-order valence-electron chi connectivity index (χ2n) is 6.17. The Hall–Kier alpha value is -2.15. The zero-order valence-electron chi connectivity index (χ0n) is 12.7. The molecule has 2 aliphatic rings. The number of rotatable bonds is 2. The van der Waals surface area contributed by atoms with Gasteiger partial charge in [0.05, 0.1) is 5.69 Å². The summed E-state index contributed by atoms with van der Waals surface area (Å²) < 4.78 is 9.79. The van der Waals surface area contributed by atoms with Crippen molar-refractivity contribution in [2.45, 2.75) is 45.1 Å². The van der Waals surface area contributed by atoms with Gasteiger partial charge in [-0.25, -0.2) is 4.79 Å². The first-order chi connectivity index (χ1) is 10.5. The number of aromatic nitrogens is 4. The van der Waals surface area contributed by atoms with E-state index >= 15 is 0 Å². The average Bonchev–Trinajstić information content (AvgIpc) is 3.12. The van der Waals surface area contributed by atoms with Gasteiger partial charge in [0.1, 0.15) is 11.6 Å². The van der Waals surface area contributed by atoms with Gasteiger partial charge in [-0.15, -0.1) is 0 Å². The van der Waals surface area contributed by atoms with Crippen molar-refractivity contribution in [1.82, 2.24) is 19.3 Å². The highest BCUT2D eigenvalue weighted by Crippen LogP contribution is 2.60. The zero-order chi connectivity index (χ0) is 15.6. The van der Waals surface area contributed by atoms with Crippen molar-refractivity contribution in [2.24, 2.45) is 5.92 Å². The lowest BCUT2D eigenvalue weighted by atomic mass is 9.85. The van der Waals surface area contributed by atoms with Crippen LogP contribution in [0, 0.1) is 12.8 Å². The van der Waals surface area contributed by atoms with Gasteiger partial charge >= 0.3 is 5.69 Å². The highest BCUT2D eigenvalue weighted by molar-refractivity contribution is 5.25. The molecule has 0 saturated carbocycles. The van der Waals surface area contributed by atoms with E-state index in [0.29, 0.717) is 5.56 Å². The van der Waals surface area contributed by atoms with E-state index in [0.717, 1.165) is 12.1 Å². The lowest BCUT2D eigenvalue weighted by molar-refractivity contribution is -0.112. The molecule has 22 heavy (non-hydrogen) atoms. The lowest BCUT2D eigenvalue weighted by Crippen LogP contribution is -2.38. The summed E-state index contributed by atoms with van der Waals surface area (Å²) in [6.07, 6.45) is 3.70. The summed E-state index contributed by atoms with van der Waals surface area (Å²) in [4.78, 5) is 26.1. The molecule has 0 amide bonds. The van der Waals surface area contributed by atoms with Crippen LogP contribution >= 0.6 is 0 Å². The molecule has 0 radical (unpaired) electrons. The summed E-state index contributed by atoms with van der Waals surface area (Å²) in [5, 5.41) is 4.42. The Balaban J connectivity index is 1.90. The molecule has 116 valence electrons. The van der Waals surface area contributed by atoms with Crippen molar-refractivity contribution in [3.8, 4) is 0 Å². The molecule has 1 unspecified atom stereocenters. The van der Waals surface area contributed by atoms with Gasteiger partial charge in [-0.3, -0.25) is 19.0 Å². The van der Waals surface area contributed by atoms with Crippen LogP contribution in [0.5, 0.6) is 0 Å². The van der Waals surface area contributed by atoms with Gasteiger partial charge < -0.3 is 4.74 Å². The summed E-state index contributed by atoms with van der Waals surface area (Å²) in [5.74, 6) is 0.213. The van der Waals surface area contributed by atoms with E-state index in [4.69, 9.17) is 4.74 Å². The van der Waals surface area contributed by atoms with Crippen molar-refractivity contribution in [3.63, 3.8) is 0 Å². The number of fused-ring (bicyclic) bond motifs is 5. The van der Waals surface area contributed by atoms with Crippen molar-refractivity contribution in [2.75, 3.05) is 0 Å². The molecule has 1 N–H and O–H groups in total. The maximum absolute atomic E-state index is 12.2. The third-order valence-electron chi connectivity index (χ3n) is 5.20. The molecule has 4 atom stereocenters. The second-order valence-corrected chi connectivity index (χ2v) is 6.17. The Labute approximate surface area is 126 Å². The highest BCUT2D eigenvalue weighted by Gasteiger charge is 2.61. The molecule has 1 fully saturated rings. The van der Waals surface area contributed by atoms with E-state index in [2.05, 4.69) is 23.9 Å². The van der Waals surface area contributed by atoms with Crippen LogP contribution in [0.25, 0.3) is 0 Å². The number of nitrogens with zero attached hydrogens (tertiary/aromatic N) is 3. The van der Waals surface area contributed by atoms with Crippen molar-refractivity contribution < 1.29 is 4.74 Å². The molecule has 1 saturated heterocycles. The summed E-state index contributed by atoms with van der Waals surface area (Å²) in [7, 11) is 0. The number of hydrogen-bond acceptors (Lipinski definition) is 4. The minimum atomic E-state index is -0.453. The molecule has 4 heterocycles. The molecule has 0 aromatic carbocycles. The lowest BCUT2D eigenvalue weighted by Gasteiger charge is -2.32. The van der Waals surface area contributed by atoms with Gasteiger partial charge in [0.25, 0.3) is 5.56 Å². The number of ether oxygens (including phenoxy) is 1. The van der Waals surface area contributed by atoms with E-state index in [1.54, 1.807) is 19.3 Å². The van der Waals surface area contributed by atoms with Crippen LogP contribution in [-0.2, 0) is 10.3 Å². The van der Waals surface area contributed by atoms with Crippen molar-refractivity contribution >= 4 is 0 Å². The predicted octanol–water partition coefficient (Wildman–Crippen LogP) is 1.07. The minimum Gasteiger partial charge on any atom is -0.342 e. The monoisotopic (exact) mass is 302 g/mol. The van der Waals surface area contributed by atoms with Gasteiger partial charge in [0.15, 0.2) is 6.23 Å². The molecular weight excluding hydrogens is 284 g/mol. The Morgan fingerprint density at radius 3 is 2.95 bits per heavy atom. The predicted molar refractivity (Wildman–Crippen MR) is 78.6 cm³/mol. The topological polar surface area (TPSA) is 81.9 Å². The number of aromatic amines is 1. The van der Waals surface area contributed by atoms with Gasteiger partial charge in [-0.05, 0) is 19.4 Å². The highest BCUT2D eigenvalue weighted by atomic mass is 16.5. The Bertz CT molecular complexity index is 864. The molecular formula is C15H18N4O3. The van der Waals surface area contributed by atoms with E-state index in [1.807, 2.05) is 10.7 Å². The van der Waals surface area contributed by atoms with Crippen LogP contribution in [-0.4, -0.2) is 19.3 Å². The van der Waals surface area contributed by atoms with Gasteiger partial charge in [0, 0.05) is 23.9 Å². The largest absolute Gasteiger partial charge is 0.342 e. The summed E-state index contributed by atoms with van der Waals surface area (Å²) in [6, 6.07) is 1.94. The van der Waals surface area contributed by atoms with Gasteiger partial charge in [-0.2, -0.15) is 5.10 Å². The smallest absolute Gasteiger partial charge is 0.330 e. The summed E-state index contributed by atoms with van der Waals surface area (Å²) >= 11 is 0. The minimum absolute atomic E-state index is 0.0482. The maximum atomic E-state index is 12.2. The number of aryl methyl sites for hydroxylation is 1. The Morgan fingerprint density at radius 1 is 1.45 bits per heavy atom. The Morgan fingerprint density at radius 2 is 2.23 bits per heavy atom. The maximum Gasteiger partial charge on any atom is 0.330 e. The Kier molecular flexibility index (Phi) is 2.57. The first-order valence-electron chi connectivity index (χ1n) is 7.53. The first kappa shape index (κ1) is 13.5. The third kappa shape index (κ3) is 1.41. The summed E-state index contributed by atoms with van der Waals surface area (Å²) in [5.41, 5.74) is 0.334. The summed E-state index contributed by atoms with van der Waals surface area (Å²) in [6.45, 7) is 5.90. The molecule has 2 aliphatic heterocycles. The molecule has 4 rings (SSSR count). The van der Waals surface area contributed by atoms with Crippen LogP contribution < -0.4 is 11.2 Å². The third-order valence-corrected chi connectivity index (χ3v) is 5.20. The van der Waals surface area contributed by atoms with Crippen molar-refractivity contribution in [3.05, 3.63) is 50.6 Å². The molecule has 2 aromatic rings. The van der Waals surface area contributed by atoms with Gasteiger partial charge in [0.2, 0.25) is 0 Å². The van der Waals surface area contributed by atoms with Crippen molar-refractivity contribution in [1.29, 1.82) is 0 Å². The number of H-pyrrole nitrogens is 1. The molecule has 0 aliphatic carbocycles. The fourth-order valence-corrected chi connectivity index (χ4v) is 4.01. The van der Waals surface area contributed by atoms with E-state index < -0.39 is 17.5 Å². The number of nitrogens with one attached hydrogen (secondary N) is 1. The average molecular weight is 302 g/mol. The fraction of sp³-hybridized carbons (Fsp3) is 0.533. The SMILES string of the molecule is CC[C@]12O[C@@H](n3cc(C)c(=O)[nH]c3=O)[C@H](C1C)n1nccc12. The first-order valence-corrected chi connectivity index (χ1v) is 7.53. The molecule has 2 aromatic heterocycles. The molecule has 0 spiro atoms. The van der Waals surface area contributed by atoms with Crippen LogP contribution in [0.2, 0.25) is 0 Å². The fourth-order valence-electron chi connectivity index (χ4n) is 4.01. The number of hydrogen-bond donors (Lipinski definition) is 1. The van der Waals surface area contributed by atoms with Crippen LogP contribution in [0.1, 0.15) is 43.8 Å². The van der Waals surface area contributed by atoms with Crippen LogP contribution in [0.4, 0.5) is 0 Å². The zero-order valence-corrected chi connectivity index (χ0v) is 12.7. The quantitative estimate of drug-likeness (QED) is 0.899. The van der Waals surface area contributed by atoms with E-state index in [9.17, 15) is 9.59 Å². The van der Waals surface area contributed by atoms with E-state index in [-0.39, 0.29) is 17.5 Å². The molecule has 2 bridgehead atoms. The van der Waals surface area contributed by atoms with Gasteiger partial charge in [-0.1, -0.05) is 13.8 Å².